The first-order chi connectivity index (χ1) is 9.05. The Balaban J connectivity index is 2.33. The second-order valence-corrected chi connectivity index (χ2v) is 4.66. The van der Waals surface area contributed by atoms with Crippen LogP contribution in [0.4, 0.5) is 0 Å². The number of hydrogen-bond acceptors (Lipinski definition) is 3. The summed E-state index contributed by atoms with van der Waals surface area (Å²) in [6.07, 6.45) is 0.650. The molecule has 0 amide bonds. The Morgan fingerprint density at radius 3 is 2.42 bits per heavy atom. The number of benzene rings is 2. The van der Waals surface area contributed by atoms with Gasteiger partial charge in [-0.25, -0.2) is 0 Å². The minimum atomic E-state index is -0.858. The molecule has 0 aliphatic rings. The summed E-state index contributed by atoms with van der Waals surface area (Å²) in [7, 11) is 0. The van der Waals surface area contributed by atoms with Crippen molar-refractivity contribution < 1.29 is 9.84 Å². The van der Waals surface area contributed by atoms with Gasteiger partial charge in [-0.2, -0.15) is 0 Å². The van der Waals surface area contributed by atoms with Gasteiger partial charge >= 0.3 is 0 Å². The van der Waals surface area contributed by atoms with Crippen LogP contribution in [0.3, 0.4) is 0 Å². The predicted molar refractivity (Wildman–Crippen MR) is 76.1 cm³/mol. The molecular weight excluding hydrogens is 238 g/mol. The third-order valence-corrected chi connectivity index (χ3v) is 3.24. The van der Waals surface area contributed by atoms with E-state index in [-0.39, 0.29) is 5.75 Å². The maximum Gasteiger partial charge on any atom is 0.184 e. The van der Waals surface area contributed by atoms with Crippen molar-refractivity contribution in [3.8, 4) is 11.5 Å². The van der Waals surface area contributed by atoms with E-state index in [1.54, 1.807) is 18.2 Å². The fourth-order valence-electron chi connectivity index (χ4n) is 2.00. The predicted octanol–water partition coefficient (Wildman–Crippen LogP) is 3.30. The van der Waals surface area contributed by atoms with Crippen LogP contribution in [0.25, 0.3) is 0 Å². The van der Waals surface area contributed by atoms with Crippen molar-refractivity contribution in [3.63, 3.8) is 0 Å². The average molecular weight is 257 g/mol. The largest absolute Gasteiger partial charge is 0.508 e. The molecule has 3 N–H and O–H groups in total. The number of aryl methyl sites for hydroxylation is 1. The van der Waals surface area contributed by atoms with Gasteiger partial charge in [-0.1, -0.05) is 37.3 Å². The van der Waals surface area contributed by atoms with Gasteiger partial charge in [0, 0.05) is 12.0 Å². The van der Waals surface area contributed by atoms with E-state index in [2.05, 4.69) is 0 Å². The van der Waals surface area contributed by atoms with E-state index in [0.717, 1.165) is 11.1 Å². The molecule has 2 aromatic carbocycles. The normalized spacial score (nSPS) is 13.8. The van der Waals surface area contributed by atoms with Crippen LogP contribution in [-0.4, -0.2) is 5.11 Å². The summed E-state index contributed by atoms with van der Waals surface area (Å²) in [5.74, 6) is 0.912. The van der Waals surface area contributed by atoms with E-state index in [1.807, 2.05) is 44.2 Å². The van der Waals surface area contributed by atoms with Crippen molar-refractivity contribution in [2.75, 3.05) is 0 Å². The van der Waals surface area contributed by atoms with E-state index in [0.29, 0.717) is 12.2 Å². The van der Waals surface area contributed by atoms with Crippen LogP contribution in [0, 0.1) is 6.92 Å². The SMILES string of the molecule is CCC(N)(Oc1ccc(O)cc1C)c1ccccc1. The van der Waals surface area contributed by atoms with Gasteiger partial charge in [-0.3, -0.25) is 5.73 Å². The molecule has 0 aliphatic heterocycles. The number of phenols is 1. The zero-order chi connectivity index (χ0) is 13.9. The topological polar surface area (TPSA) is 55.5 Å². The molecule has 1 unspecified atom stereocenters. The van der Waals surface area contributed by atoms with Crippen molar-refractivity contribution in [3.05, 3.63) is 59.7 Å². The van der Waals surface area contributed by atoms with Gasteiger partial charge in [-0.05, 0) is 30.7 Å². The second-order valence-electron chi connectivity index (χ2n) is 4.66. The van der Waals surface area contributed by atoms with Crippen molar-refractivity contribution in [2.45, 2.75) is 26.0 Å². The lowest BCUT2D eigenvalue weighted by Crippen LogP contribution is -2.42. The summed E-state index contributed by atoms with van der Waals surface area (Å²) in [5.41, 5.74) is 7.31. The molecule has 0 radical (unpaired) electrons. The average Bonchev–Trinajstić information content (AvgIpc) is 2.43. The summed E-state index contributed by atoms with van der Waals surface area (Å²) < 4.78 is 5.99. The maximum absolute atomic E-state index is 9.42. The molecule has 1 atom stereocenters. The monoisotopic (exact) mass is 257 g/mol. The van der Waals surface area contributed by atoms with Gasteiger partial charge in [0.1, 0.15) is 11.5 Å². The molecule has 2 rings (SSSR count). The van der Waals surface area contributed by atoms with E-state index < -0.39 is 5.72 Å². The number of hydrogen-bond donors (Lipinski definition) is 2. The first kappa shape index (κ1) is 13.4. The van der Waals surface area contributed by atoms with Crippen molar-refractivity contribution in [1.29, 1.82) is 0 Å². The lowest BCUT2D eigenvalue weighted by atomic mass is 10.0. The lowest BCUT2D eigenvalue weighted by Gasteiger charge is -2.30. The molecule has 0 spiro atoms. The van der Waals surface area contributed by atoms with Crippen LogP contribution in [0.2, 0.25) is 0 Å². The molecule has 0 aromatic heterocycles. The molecule has 0 bridgehead atoms. The highest BCUT2D eigenvalue weighted by Gasteiger charge is 2.27. The summed E-state index contributed by atoms with van der Waals surface area (Å²) in [5, 5.41) is 9.42. The molecule has 3 nitrogen and oxygen atoms in total. The smallest absolute Gasteiger partial charge is 0.184 e. The van der Waals surface area contributed by atoms with Crippen LogP contribution < -0.4 is 10.5 Å². The molecule has 0 saturated carbocycles. The Morgan fingerprint density at radius 2 is 1.84 bits per heavy atom. The summed E-state index contributed by atoms with van der Waals surface area (Å²) in [4.78, 5) is 0. The summed E-state index contributed by atoms with van der Waals surface area (Å²) in [6, 6.07) is 14.8. The minimum absolute atomic E-state index is 0.226. The molecule has 100 valence electrons. The van der Waals surface area contributed by atoms with Crippen molar-refractivity contribution in [2.24, 2.45) is 5.73 Å². The highest BCUT2D eigenvalue weighted by Crippen LogP contribution is 2.30. The Morgan fingerprint density at radius 1 is 1.16 bits per heavy atom. The highest BCUT2D eigenvalue weighted by molar-refractivity contribution is 5.39. The second kappa shape index (κ2) is 5.33. The van der Waals surface area contributed by atoms with Crippen LogP contribution >= 0.6 is 0 Å². The molecule has 0 aliphatic carbocycles. The number of aromatic hydroxyl groups is 1. The summed E-state index contributed by atoms with van der Waals surface area (Å²) >= 11 is 0. The minimum Gasteiger partial charge on any atom is -0.508 e. The van der Waals surface area contributed by atoms with Crippen LogP contribution in [0.5, 0.6) is 11.5 Å². The third kappa shape index (κ3) is 2.88. The molecule has 3 heteroatoms. The van der Waals surface area contributed by atoms with E-state index >= 15 is 0 Å². The fourth-order valence-corrected chi connectivity index (χ4v) is 2.00. The van der Waals surface area contributed by atoms with Crippen LogP contribution in [-0.2, 0) is 5.72 Å². The molecule has 0 heterocycles. The molecule has 2 aromatic rings. The first-order valence-electron chi connectivity index (χ1n) is 6.38. The number of phenolic OH excluding ortho intramolecular Hbond substituents is 1. The van der Waals surface area contributed by atoms with Gasteiger partial charge in [0.15, 0.2) is 5.72 Å². The van der Waals surface area contributed by atoms with E-state index in [9.17, 15) is 5.11 Å². The highest BCUT2D eigenvalue weighted by atomic mass is 16.5. The molecule has 0 saturated heterocycles. The fraction of sp³-hybridized carbons (Fsp3) is 0.250. The Bertz CT molecular complexity index is 554. The van der Waals surface area contributed by atoms with Gasteiger partial charge < -0.3 is 9.84 Å². The molecular formula is C16H19NO2. The van der Waals surface area contributed by atoms with E-state index in [4.69, 9.17) is 10.5 Å². The van der Waals surface area contributed by atoms with Crippen LogP contribution in [0.15, 0.2) is 48.5 Å². The lowest BCUT2D eigenvalue weighted by molar-refractivity contribution is 0.0679. The Labute approximate surface area is 113 Å². The standard InChI is InChI=1S/C16H19NO2/c1-3-16(17,13-7-5-4-6-8-13)19-15-10-9-14(18)11-12(15)2/h4-11,18H,3,17H2,1-2H3. The molecule has 0 fully saturated rings. The number of ether oxygens (including phenoxy) is 1. The first-order valence-corrected chi connectivity index (χ1v) is 6.38. The zero-order valence-corrected chi connectivity index (χ0v) is 11.3. The quantitative estimate of drug-likeness (QED) is 0.826. The van der Waals surface area contributed by atoms with Crippen molar-refractivity contribution in [1.82, 2.24) is 0 Å². The van der Waals surface area contributed by atoms with Crippen LogP contribution in [0.1, 0.15) is 24.5 Å². The van der Waals surface area contributed by atoms with Gasteiger partial charge in [0.05, 0.1) is 0 Å². The van der Waals surface area contributed by atoms with Gasteiger partial charge in [-0.15, -0.1) is 0 Å². The van der Waals surface area contributed by atoms with Gasteiger partial charge in [0.25, 0.3) is 0 Å². The van der Waals surface area contributed by atoms with Gasteiger partial charge in [0.2, 0.25) is 0 Å². The van der Waals surface area contributed by atoms with Crippen molar-refractivity contribution >= 4 is 0 Å². The Hall–Kier alpha value is -2.00. The third-order valence-electron chi connectivity index (χ3n) is 3.24. The number of rotatable bonds is 4. The maximum atomic E-state index is 9.42. The molecule has 19 heavy (non-hydrogen) atoms. The zero-order valence-electron chi connectivity index (χ0n) is 11.3. The van der Waals surface area contributed by atoms with E-state index in [1.165, 1.54) is 0 Å². The number of nitrogens with two attached hydrogens (primary N) is 1. The Kier molecular flexibility index (Phi) is 3.76. The summed E-state index contributed by atoms with van der Waals surface area (Å²) in [6.45, 7) is 3.87.